The van der Waals surface area contributed by atoms with E-state index < -0.39 is 9.02 Å². The van der Waals surface area contributed by atoms with Gasteiger partial charge in [0, 0.05) is 19.8 Å². The van der Waals surface area contributed by atoms with Crippen molar-refractivity contribution in [2.75, 3.05) is 14.2 Å². The van der Waals surface area contributed by atoms with E-state index in [2.05, 4.69) is 92.5 Å². The Bertz CT molecular complexity index is 1090. The fraction of sp³-hybridized carbons (Fsp3) is 0.182. The van der Waals surface area contributed by atoms with Gasteiger partial charge in [-0.1, -0.05) is 98.6 Å². The molecule has 3 aromatic carbocycles. The van der Waals surface area contributed by atoms with Crippen molar-refractivity contribution in [3.05, 3.63) is 82.7 Å². The van der Waals surface area contributed by atoms with Crippen molar-refractivity contribution < 1.29 is 9.47 Å². The molecule has 0 radical (unpaired) electrons. The molecule has 0 aromatic heterocycles. The standard InChI is InChI=1S/C22H18Br2O2/c1-25-22(26-2)20(18-12-6-4-9-16(18)14-21(22,23)24)19-13-7-10-15-8-3-5-11-17(15)19/h3-14H,1-2H3. The molecule has 0 fully saturated rings. The van der Waals surface area contributed by atoms with Crippen LogP contribution in [0.25, 0.3) is 22.4 Å². The highest BCUT2D eigenvalue weighted by Crippen LogP contribution is 2.50. The lowest BCUT2D eigenvalue weighted by Crippen LogP contribution is -2.56. The van der Waals surface area contributed by atoms with Crippen LogP contribution in [0.5, 0.6) is 0 Å². The van der Waals surface area contributed by atoms with Gasteiger partial charge in [0.05, 0.1) is 0 Å². The number of hydrogen-bond acceptors (Lipinski definition) is 2. The van der Waals surface area contributed by atoms with Crippen LogP contribution >= 0.6 is 31.9 Å². The Morgan fingerprint density at radius 1 is 0.769 bits per heavy atom. The molecule has 0 atom stereocenters. The predicted molar refractivity (Wildman–Crippen MR) is 114 cm³/mol. The van der Waals surface area contributed by atoms with E-state index in [4.69, 9.17) is 9.47 Å². The van der Waals surface area contributed by atoms with Gasteiger partial charge in [0.15, 0.2) is 3.23 Å². The average Bonchev–Trinajstić information content (AvgIpc) is 2.66. The predicted octanol–water partition coefficient (Wildman–Crippen LogP) is 4.31. The topological polar surface area (TPSA) is 18.5 Å². The van der Waals surface area contributed by atoms with E-state index in [0.717, 1.165) is 27.0 Å². The minimum Gasteiger partial charge on any atom is -0.347 e. The van der Waals surface area contributed by atoms with Crippen molar-refractivity contribution in [3.63, 3.8) is 0 Å². The number of fused-ring (bicyclic) bond motifs is 2. The highest BCUT2D eigenvalue weighted by Gasteiger charge is 2.53. The van der Waals surface area contributed by atoms with Gasteiger partial charge >= 0.3 is 0 Å². The lowest BCUT2D eigenvalue weighted by atomic mass is 9.85. The minimum atomic E-state index is -1.04. The van der Waals surface area contributed by atoms with Crippen molar-refractivity contribution in [1.29, 1.82) is 0 Å². The van der Waals surface area contributed by atoms with Crippen molar-refractivity contribution in [2.24, 2.45) is 0 Å². The molecule has 132 valence electrons. The van der Waals surface area contributed by atoms with Crippen LogP contribution in [-0.4, -0.2) is 23.2 Å². The van der Waals surface area contributed by atoms with Crippen molar-refractivity contribution in [3.8, 4) is 0 Å². The molecule has 0 unspecified atom stereocenters. The van der Waals surface area contributed by atoms with E-state index >= 15 is 0 Å². The van der Waals surface area contributed by atoms with Gasteiger partial charge in [-0.25, -0.2) is 0 Å². The Kier molecular flexibility index (Phi) is 4.56. The van der Waals surface area contributed by atoms with E-state index in [9.17, 15) is 0 Å². The second-order valence-electron chi connectivity index (χ2n) is 6.28. The number of methoxy groups -OCH3 is 2. The molecule has 0 N–H and O–H groups in total. The highest BCUT2D eigenvalue weighted by atomic mass is 79.9. The summed E-state index contributed by atoms with van der Waals surface area (Å²) < 4.78 is 11.4. The fourth-order valence-corrected chi connectivity index (χ4v) is 5.35. The molecule has 2 nitrogen and oxygen atoms in total. The zero-order valence-electron chi connectivity index (χ0n) is 14.5. The minimum absolute atomic E-state index is 0.711. The molecule has 0 spiro atoms. The summed E-state index contributed by atoms with van der Waals surface area (Å²) in [5, 5.41) is 4.56. The quantitative estimate of drug-likeness (QED) is 0.417. The normalized spacial score (nSPS) is 17.6. The Morgan fingerprint density at radius 2 is 1.42 bits per heavy atom. The van der Waals surface area contributed by atoms with Crippen LogP contribution in [0.1, 0.15) is 5.56 Å². The van der Waals surface area contributed by atoms with Crippen LogP contribution in [0.2, 0.25) is 0 Å². The Morgan fingerprint density at radius 3 is 2.19 bits per heavy atom. The molecule has 0 saturated carbocycles. The summed E-state index contributed by atoms with van der Waals surface area (Å²) in [5.74, 6) is -1.04. The van der Waals surface area contributed by atoms with E-state index in [1.54, 1.807) is 14.2 Å². The first-order chi connectivity index (χ1) is 12.5. The van der Waals surface area contributed by atoms with E-state index in [1.165, 1.54) is 5.39 Å². The lowest BCUT2D eigenvalue weighted by molar-refractivity contribution is -0.156. The molecule has 0 amide bonds. The highest BCUT2D eigenvalue weighted by molar-refractivity contribution is 9.25. The maximum absolute atomic E-state index is 6.03. The molecule has 0 heterocycles. The second-order valence-corrected chi connectivity index (χ2v) is 9.85. The molecular formula is C22H18Br2O2. The average molecular weight is 474 g/mol. The van der Waals surface area contributed by atoms with Gasteiger partial charge in [0.2, 0.25) is 5.79 Å². The third-order valence-corrected chi connectivity index (χ3v) is 6.47. The second kappa shape index (κ2) is 6.61. The third kappa shape index (κ3) is 2.51. The molecule has 4 heteroatoms. The van der Waals surface area contributed by atoms with Gasteiger partial charge in [-0.2, -0.15) is 0 Å². The first-order valence-corrected chi connectivity index (χ1v) is 9.91. The maximum atomic E-state index is 6.03. The molecule has 4 rings (SSSR count). The maximum Gasteiger partial charge on any atom is 0.225 e. The Labute approximate surface area is 169 Å². The van der Waals surface area contributed by atoms with Gasteiger partial charge in [-0.05, 0) is 32.8 Å². The smallest absolute Gasteiger partial charge is 0.225 e. The van der Waals surface area contributed by atoms with Gasteiger partial charge in [0.25, 0.3) is 0 Å². The molecule has 1 aliphatic rings. The summed E-state index contributed by atoms with van der Waals surface area (Å²) in [6.45, 7) is 0. The number of alkyl halides is 2. The van der Waals surface area contributed by atoms with Crippen molar-refractivity contribution in [2.45, 2.75) is 9.02 Å². The molecule has 3 aromatic rings. The molecule has 26 heavy (non-hydrogen) atoms. The van der Waals surface area contributed by atoms with Crippen molar-refractivity contribution >= 4 is 54.3 Å². The number of rotatable bonds is 3. The Hall–Kier alpha value is -1.46. The third-order valence-electron chi connectivity index (χ3n) is 4.97. The number of benzene rings is 3. The van der Waals surface area contributed by atoms with Gasteiger partial charge in [-0.3, -0.25) is 0 Å². The summed E-state index contributed by atoms with van der Waals surface area (Å²) >= 11 is 7.60. The molecular weight excluding hydrogens is 456 g/mol. The summed E-state index contributed by atoms with van der Waals surface area (Å²) in [5.41, 5.74) is 2.08. The van der Waals surface area contributed by atoms with Crippen LogP contribution in [0.15, 0.2) is 66.7 Å². The summed E-state index contributed by atoms with van der Waals surface area (Å²) in [7, 11) is 3.35. The van der Waals surface area contributed by atoms with Gasteiger partial charge in [-0.15, -0.1) is 0 Å². The number of halogens is 2. The first kappa shape index (κ1) is 17.9. The van der Waals surface area contributed by atoms with Gasteiger partial charge < -0.3 is 9.47 Å². The molecule has 0 aliphatic heterocycles. The van der Waals surface area contributed by atoms with E-state index in [1.807, 2.05) is 12.1 Å². The summed E-state index contributed by atoms with van der Waals surface area (Å²) in [4.78, 5) is 0. The lowest BCUT2D eigenvalue weighted by Gasteiger charge is -2.43. The largest absolute Gasteiger partial charge is 0.347 e. The first-order valence-electron chi connectivity index (χ1n) is 8.33. The summed E-state index contributed by atoms with van der Waals surface area (Å²) in [6, 6.07) is 23.0. The summed E-state index contributed by atoms with van der Waals surface area (Å²) in [6.07, 6.45) is 2.09. The molecule has 0 saturated heterocycles. The molecule has 0 bridgehead atoms. The SMILES string of the molecule is COC1(OC)C(c2cccc3ccccc23)=c2ccccc2=CC1(Br)Br. The number of hydrogen-bond donors (Lipinski definition) is 0. The van der Waals surface area contributed by atoms with Crippen molar-refractivity contribution in [1.82, 2.24) is 0 Å². The Balaban J connectivity index is 2.23. The van der Waals surface area contributed by atoms with Crippen LogP contribution in [0.3, 0.4) is 0 Å². The van der Waals surface area contributed by atoms with Gasteiger partial charge in [0.1, 0.15) is 0 Å². The fourth-order valence-electron chi connectivity index (χ4n) is 3.81. The zero-order chi connectivity index (χ0) is 18.4. The molecule has 1 aliphatic carbocycles. The van der Waals surface area contributed by atoms with Crippen LogP contribution in [0.4, 0.5) is 0 Å². The monoisotopic (exact) mass is 472 g/mol. The van der Waals surface area contributed by atoms with E-state index in [0.29, 0.717) is 0 Å². The number of ether oxygens (including phenoxy) is 2. The van der Waals surface area contributed by atoms with Crippen LogP contribution < -0.4 is 10.4 Å². The van der Waals surface area contributed by atoms with Crippen LogP contribution in [0, 0.1) is 0 Å². The van der Waals surface area contributed by atoms with E-state index in [-0.39, 0.29) is 0 Å². The van der Waals surface area contributed by atoms with Crippen LogP contribution in [-0.2, 0) is 9.47 Å². The zero-order valence-corrected chi connectivity index (χ0v) is 17.7.